The van der Waals surface area contributed by atoms with E-state index in [0.29, 0.717) is 11.1 Å². The predicted molar refractivity (Wildman–Crippen MR) is 217 cm³/mol. The van der Waals surface area contributed by atoms with Crippen LogP contribution in [0.25, 0.3) is 12.2 Å². The van der Waals surface area contributed by atoms with Gasteiger partial charge in [0.05, 0.1) is 0 Å². The van der Waals surface area contributed by atoms with Gasteiger partial charge in [-0.3, -0.25) is 4.79 Å². The molecule has 300 valence electrons. The normalized spacial score (nSPS) is 11.1. The van der Waals surface area contributed by atoms with Gasteiger partial charge >= 0.3 is 23.9 Å². The van der Waals surface area contributed by atoms with Crippen molar-refractivity contribution in [2.75, 3.05) is 62.4 Å². The zero-order valence-electron chi connectivity index (χ0n) is 33.3. The van der Waals surface area contributed by atoms with Crippen LogP contribution in [0.5, 0.6) is 0 Å². The molecular weight excluding hydrogens is 713 g/mol. The Morgan fingerprint density at radius 3 is 1.32 bits per heavy atom. The first-order valence-electron chi connectivity index (χ1n) is 19.3. The third-order valence-corrected chi connectivity index (χ3v) is 8.50. The quantitative estimate of drug-likeness (QED) is 0.0302. The molecule has 0 atom stereocenters. The molecule has 0 aliphatic rings. The van der Waals surface area contributed by atoms with Crippen molar-refractivity contribution in [2.45, 2.75) is 79.1 Å². The lowest BCUT2D eigenvalue weighted by Crippen LogP contribution is -2.27. The number of carbonyl (C=O) groups is 4. The van der Waals surface area contributed by atoms with Crippen molar-refractivity contribution in [3.8, 4) is 12.1 Å². The van der Waals surface area contributed by atoms with E-state index in [2.05, 4.69) is 30.2 Å². The molecule has 56 heavy (non-hydrogen) atoms. The number of hydrogen-bond donors (Lipinski definition) is 0. The van der Waals surface area contributed by atoms with E-state index in [0.717, 1.165) is 82.5 Å². The van der Waals surface area contributed by atoms with Crippen molar-refractivity contribution in [1.82, 2.24) is 0 Å². The van der Waals surface area contributed by atoms with Gasteiger partial charge in [0.1, 0.15) is 49.7 Å². The second-order valence-electron chi connectivity index (χ2n) is 13.0. The first-order valence-corrected chi connectivity index (χ1v) is 19.3. The largest absolute Gasteiger partial charge is 0.462 e. The number of anilines is 2. The van der Waals surface area contributed by atoms with E-state index in [1.165, 1.54) is 19.1 Å². The standard InChI is InChI=1S/C44H56N4O8/c1-6-9-22-47(39-18-14-35(15-19-39)30-37(32-45)43(51)55-27-26-53-41(49)8-3)24-12-11-13-25-48(23-10-7-2)40-20-16-36(17-21-40)31-38(33-46)44(52)56-29-28-54-42(50)34(4)5/h14-21,30-31H,4,6-13,22-29H2,1-3,5H3/b37-30+,38-31+. The minimum atomic E-state index is -0.787. The maximum atomic E-state index is 12.4. The van der Waals surface area contributed by atoms with Gasteiger partial charge in [-0.25, -0.2) is 14.4 Å². The lowest BCUT2D eigenvalue weighted by molar-refractivity contribution is -0.149. The highest BCUT2D eigenvalue weighted by Crippen LogP contribution is 2.21. The van der Waals surface area contributed by atoms with Crippen LogP contribution in [0.2, 0.25) is 0 Å². The van der Waals surface area contributed by atoms with E-state index >= 15 is 0 Å². The van der Waals surface area contributed by atoms with Crippen LogP contribution in [0.15, 0.2) is 71.8 Å². The molecular formula is C44H56N4O8. The fourth-order valence-corrected chi connectivity index (χ4v) is 5.33. The molecule has 0 unspecified atom stereocenters. The molecule has 12 heteroatoms. The van der Waals surface area contributed by atoms with Gasteiger partial charge in [0.15, 0.2) is 0 Å². The second-order valence-corrected chi connectivity index (χ2v) is 13.0. The van der Waals surface area contributed by atoms with E-state index < -0.39 is 17.9 Å². The topological polar surface area (TPSA) is 159 Å². The molecule has 0 saturated heterocycles. The smallest absolute Gasteiger partial charge is 0.349 e. The lowest BCUT2D eigenvalue weighted by atomic mass is 10.1. The number of nitrogens with zero attached hydrogens (tertiary/aromatic N) is 4. The summed E-state index contributed by atoms with van der Waals surface area (Å²) in [6.07, 6.45) is 10.5. The van der Waals surface area contributed by atoms with E-state index in [-0.39, 0.29) is 55.5 Å². The number of unbranched alkanes of at least 4 members (excludes halogenated alkanes) is 4. The van der Waals surface area contributed by atoms with E-state index in [4.69, 9.17) is 18.9 Å². The summed E-state index contributed by atoms with van der Waals surface area (Å²) in [6, 6.07) is 19.3. The second kappa shape index (κ2) is 26.8. The van der Waals surface area contributed by atoms with Crippen LogP contribution in [-0.4, -0.2) is 76.5 Å². The number of ether oxygens (including phenoxy) is 4. The van der Waals surface area contributed by atoms with E-state index in [1.54, 1.807) is 6.92 Å². The number of rotatable bonds is 26. The summed E-state index contributed by atoms with van der Waals surface area (Å²) in [5.41, 5.74) is 3.50. The summed E-state index contributed by atoms with van der Waals surface area (Å²) < 4.78 is 20.0. The monoisotopic (exact) mass is 768 g/mol. The van der Waals surface area contributed by atoms with Gasteiger partial charge in [-0.15, -0.1) is 0 Å². The van der Waals surface area contributed by atoms with Crippen molar-refractivity contribution in [3.63, 3.8) is 0 Å². The molecule has 0 amide bonds. The molecule has 2 aromatic rings. The summed E-state index contributed by atoms with van der Waals surface area (Å²) in [6.45, 7) is 14.2. The van der Waals surface area contributed by atoms with Gasteiger partial charge in [-0.2, -0.15) is 10.5 Å². The Bertz CT molecular complexity index is 1720. The van der Waals surface area contributed by atoms with E-state index in [9.17, 15) is 29.7 Å². The molecule has 0 saturated carbocycles. The molecule has 2 rings (SSSR count). The molecule has 0 aliphatic heterocycles. The van der Waals surface area contributed by atoms with Crippen LogP contribution in [0.1, 0.15) is 90.2 Å². The summed E-state index contributed by atoms with van der Waals surface area (Å²) in [7, 11) is 0. The Labute approximate surface area is 332 Å². The van der Waals surface area contributed by atoms with Crippen LogP contribution in [0.3, 0.4) is 0 Å². The summed E-state index contributed by atoms with van der Waals surface area (Å²) in [5, 5.41) is 19.1. The van der Waals surface area contributed by atoms with Crippen molar-refractivity contribution < 1.29 is 38.1 Å². The Hall–Kier alpha value is -5.88. The van der Waals surface area contributed by atoms with Crippen molar-refractivity contribution >= 4 is 47.4 Å². The van der Waals surface area contributed by atoms with Crippen molar-refractivity contribution in [1.29, 1.82) is 10.5 Å². The predicted octanol–water partition coefficient (Wildman–Crippen LogP) is 7.74. The van der Waals surface area contributed by atoms with Crippen LogP contribution < -0.4 is 9.80 Å². The van der Waals surface area contributed by atoms with Gasteiger partial charge in [0.2, 0.25) is 0 Å². The Morgan fingerprint density at radius 2 is 0.964 bits per heavy atom. The van der Waals surface area contributed by atoms with Crippen LogP contribution in [-0.2, 0) is 38.1 Å². The number of nitriles is 2. The van der Waals surface area contributed by atoms with Crippen LogP contribution in [0.4, 0.5) is 11.4 Å². The molecule has 0 aromatic heterocycles. The van der Waals surface area contributed by atoms with Gasteiger partial charge in [-0.05, 0) is 86.6 Å². The van der Waals surface area contributed by atoms with Crippen molar-refractivity contribution in [2.24, 2.45) is 0 Å². The molecule has 0 bridgehead atoms. The molecule has 0 radical (unpaired) electrons. The van der Waals surface area contributed by atoms with Gasteiger partial charge in [0.25, 0.3) is 0 Å². The summed E-state index contributed by atoms with van der Waals surface area (Å²) in [4.78, 5) is 52.3. The van der Waals surface area contributed by atoms with Crippen LogP contribution in [0, 0.1) is 22.7 Å². The fourth-order valence-electron chi connectivity index (χ4n) is 5.33. The Kier molecular flexibility index (Phi) is 22.2. The third-order valence-electron chi connectivity index (χ3n) is 8.50. The van der Waals surface area contributed by atoms with Gasteiger partial charge < -0.3 is 28.7 Å². The van der Waals surface area contributed by atoms with Gasteiger partial charge in [0, 0.05) is 49.5 Å². The highest BCUT2D eigenvalue weighted by Gasteiger charge is 2.14. The maximum absolute atomic E-state index is 12.4. The van der Waals surface area contributed by atoms with E-state index in [1.807, 2.05) is 60.7 Å². The minimum absolute atomic E-state index is 0.0572. The minimum Gasteiger partial charge on any atom is -0.462 e. The summed E-state index contributed by atoms with van der Waals surface area (Å²) in [5.74, 6) is -2.51. The maximum Gasteiger partial charge on any atom is 0.349 e. The Morgan fingerprint density at radius 1 is 0.589 bits per heavy atom. The first-order chi connectivity index (χ1) is 27.1. The molecule has 2 aromatic carbocycles. The molecule has 0 aliphatic carbocycles. The molecule has 12 nitrogen and oxygen atoms in total. The number of benzene rings is 2. The zero-order chi connectivity index (χ0) is 41.1. The van der Waals surface area contributed by atoms with Crippen LogP contribution >= 0.6 is 0 Å². The number of carbonyl (C=O) groups excluding carboxylic acids is 4. The molecule has 0 heterocycles. The Balaban J connectivity index is 1.96. The average molecular weight is 769 g/mol. The fraction of sp³-hybridized carbons (Fsp3) is 0.455. The first kappa shape index (κ1) is 46.3. The lowest BCUT2D eigenvalue weighted by Gasteiger charge is -2.26. The third kappa shape index (κ3) is 17.5. The number of hydrogen-bond acceptors (Lipinski definition) is 12. The highest BCUT2D eigenvalue weighted by molar-refractivity contribution is 5.98. The molecule has 0 N–H and O–H groups in total. The molecule has 0 spiro atoms. The van der Waals surface area contributed by atoms with Crippen molar-refractivity contribution in [3.05, 3.63) is 83.0 Å². The average Bonchev–Trinajstić information content (AvgIpc) is 3.21. The zero-order valence-corrected chi connectivity index (χ0v) is 33.3. The van der Waals surface area contributed by atoms with Gasteiger partial charge in [-0.1, -0.05) is 64.5 Å². The SMILES string of the molecule is C=C(C)C(=O)OCCOC(=O)/C(C#N)=C/c1ccc(N(CCCC)CCCCCN(CCCC)c2ccc(/C=C(\C#N)C(=O)OCCOC(=O)CC)cc2)cc1. The summed E-state index contributed by atoms with van der Waals surface area (Å²) >= 11 is 0. The molecule has 0 fully saturated rings. The number of esters is 4. The highest BCUT2D eigenvalue weighted by atomic mass is 16.6.